The summed E-state index contributed by atoms with van der Waals surface area (Å²) >= 11 is 0. The van der Waals surface area contributed by atoms with E-state index in [0.717, 1.165) is 36.9 Å². The number of nitrogens with zero attached hydrogens (tertiary/aromatic N) is 1. The predicted octanol–water partition coefficient (Wildman–Crippen LogP) is 3.45. The Kier molecular flexibility index (Phi) is 5.39. The minimum absolute atomic E-state index is 0.0280. The van der Waals surface area contributed by atoms with Crippen molar-refractivity contribution in [3.8, 4) is 0 Å². The summed E-state index contributed by atoms with van der Waals surface area (Å²) < 4.78 is 13.0. The van der Waals surface area contributed by atoms with Gasteiger partial charge in [0.05, 0.1) is 0 Å². The monoisotopic (exact) mass is 292 g/mol. The molecule has 1 aromatic rings. The summed E-state index contributed by atoms with van der Waals surface area (Å²) in [4.78, 5) is 2.54. The van der Waals surface area contributed by atoms with E-state index in [1.54, 1.807) is 0 Å². The lowest BCUT2D eigenvalue weighted by atomic mass is 9.83. The van der Waals surface area contributed by atoms with Crippen LogP contribution in [0.15, 0.2) is 24.3 Å². The second-order valence-electron chi connectivity index (χ2n) is 7.07. The van der Waals surface area contributed by atoms with Crippen LogP contribution >= 0.6 is 0 Å². The van der Waals surface area contributed by atoms with Gasteiger partial charge in [-0.1, -0.05) is 26.0 Å². The second-order valence-corrected chi connectivity index (χ2v) is 7.07. The molecule has 2 nitrogen and oxygen atoms in total. The number of piperidine rings is 1. The molecule has 0 bridgehead atoms. The average molecular weight is 292 g/mol. The molecular weight excluding hydrogens is 263 g/mol. The van der Waals surface area contributed by atoms with Crippen LogP contribution in [0, 0.1) is 17.7 Å². The van der Waals surface area contributed by atoms with Crippen molar-refractivity contribution in [2.24, 2.45) is 17.6 Å². The SMILES string of the molecule is CC(C)C1CCN(C(C)(CN)Cc2ccc(F)cc2)CC1. The lowest BCUT2D eigenvalue weighted by Crippen LogP contribution is -2.56. The molecule has 1 saturated heterocycles. The molecule has 118 valence electrons. The summed E-state index contributed by atoms with van der Waals surface area (Å²) in [6.45, 7) is 9.76. The zero-order valence-electron chi connectivity index (χ0n) is 13.6. The first-order valence-electron chi connectivity index (χ1n) is 8.14. The van der Waals surface area contributed by atoms with Gasteiger partial charge in [0.2, 0.25) is 0 Å². The van der Waals surface area contributed by atoms with Gasteiger partial charge in [-0.3, -0.25) is 4.90 Å². The smallest absolute Gasteiger partial charge is 0.123 e. The zero-order chi connectivity index (χ0) is 15.5. The summed E-state index contributed by atoms with van der Waals surface area (Å²) in [5.74, 6) is 1.44. The quantitative estimate of drug-likeness (QED) is 0.900. The van der Waals surface area contributed by atoms with Crippen molar-refractivity contribution >= 4 is 0 Å². The first-order chi connectivity index (χ1) is 9.94. The number of benzene rings is 1. The Hall–Kier alpha value is -0.930. The van der Waals surface area contributed by atoms with Crippen LogP contribution in [-0.4, -0.2) is 30.1 Å². The third-order valence-corrected chi connectivity index (χ3v) is 5.18. The van der Waals surface area contributed by atoms with Crippen LogP contribution < -0.4 is 5.73 Å². The van der Waals surface area contributed by atoms with Gasteiger partial charge in [-0.25, -0.2) is 4.39 Å². The van der Waals surface area contributed by atoms with Crippen molar-refractivity contribution in [1.82, 2.24) is 4.90 Å². The fourth-order valence-corrected chi connectivity index (χ4v) is 3.46. The van der Waals surface area contributed by atoms with Crippen molar-refractivity contribution < 1.29 is 4.39 Å². The number of rotatable bonds is 5. The van der Waals surface area contributed by atoms with E-state index in [9.17, 15) is 4.39 Å². The molecular formula is C18H29FN2. The Bertz CT molecular complexity index is 435. The van der Waals surface area contributed by atoms with Gasteiger partial charge < -0.3 is 5.73 Å². The van der Waals surface area contributed by atoms with Crippen molar-refractivity contribution in [1.29, 1.82) is 0 Å². The number of nitrogens with two attached hydrogens (primary N) is 1. The van der Waals surface area contributed by atoms with Crippen LogP contribution in [0.3, 0.4) is 0 Å². The van der Waals surface area contributed by atoms with E-state index in [0.29, 0.717) is 6.54 Å². The van der Waals surface area contributed by atoms with E-state index < -0.39 is 0 Å². The molecule has 21 heavy (non-hydrogen) atoms. The normalized spacial score (nSPS) is 20.7. The highest BCUT2D eigenvalue weighted by molar-refractivity contribution is 5.19. The number of hydrogen-bond acceptors (Lipinski definition) is 2. The maximum Gasteiger partial charge on any atom is 0.123 e. The van der Waals surface area contributed by atoms with Crippen molar-refractivity contribution in [3.63, 3.8) is 0 Å². The molecule has 1 aromatic carbocycles. The van der Waals surface area contributed by atoms with Gasteiger partial charge in [-0.15, -0.1) is 0 Å². The standard InChI is InChI=1S/C18H29FN2/c1-14(2)16-8-10-21(11-9-16)18(3,13-20)12-15-4-6-17(19)7-5-15/h4-7,14,16H,8-13,20H2,1-3H3. The third-order valence-electron chi connectivity index (χ3n) is 5.18. The summed E-state index contributed by atoms with van der Waals surface area (Å²) in [5.41, 5.74) is 7.23. The van der Waals surface area contributed by atoms with Gasteiger partial charge in [0, 0.05) is 12.1 Å². The molecule has 1 heterocycles. The van der Waals surface area contributed by atoms with E-state index in [2.05, 4.69) is 25.7 Å². The maximum atomic E-state index is 13.0. The van der Waals surface area contributed by atoms with E-state index in [1.165, 1.54) is 25.0 Å². The Morgan fingerprint density at radius 2 is 1.81 bits per heavy atom. The number of hydrogen-bond donors (Lipinski definition) is 1. The lowest BCUT2D eigenvalue weighted by molar-refractivity contribution is 0.0574. The average Bonchev–Trinajstić information content (AvgIpc) is 2.49. The number of likely N-dealkylation sites (tertiary alicyclic amines) is 1. The first kappa shape index (κ1) is 16.4. The molecule has 1 aliphatic rings. The molecule has 2 rings (SSSR count). The number of halogens is 1. The van der Waals surface area contributed by atoms with Gasteiger partial charge >= 0.3 is 0 Å². The lowest BCUT2D eigenvalue weighted by Gasteiger charge is -2.45. The summed E-state index contributed by atoms with van der Waals surface area (Å²) in [6, 6.07) is 6.84. The van der Waals surface area contributed by atoms with Crippen LogP contribution in [0.1, 0.15) is 39.2 Å². The van der Waals surface area contributed by atoms with Gasteiger partial charge in [-0.2, -0.15) is 0 Å². The second kappa shape index (κ2) is 6.89. The van der Waals surface area contributed by atoms with Crippen LogP contribution in [0.5, 0.6) is 0 Å². The Morgan fingerprint density at radius 3 is 2.29 bits per heavy atom. The molecule has 0 saturated carbocycles. The molecule has 0 radical (unpaired) electrons. The molecule has 0 spiro atoms. The van der Waals surface area contributed by atoms with Gasteiger partial charge in [0.1, 0.15) is 5.82 Å². The van der Waals surface area contributed by atoms with Crippen LogP contribution in [0.25, 0.3) is 0 Å². The fraction of sp³-hybridized carbons (Fsp3) is 0.667. The Morgan fingerprint density at radius 1 is 1.24 bits per heavy atom. The van der Waals surface area contributed by atoms with Crippen LogP contribution in [0.4, 0.5) is 4.39 Å². The highest BCUT2D eigenvalue weighted by Crippen LogP contribution is 2.30. The molecule has 0 aromatic heterocycles. The largest absolute Gasteiger partial charge is 0.329 e. The molecule has 3 heteroatoms. The minimum atomic E-state index is -0.175. The van der Waals surface area contributed by atoms with E-state index in [4.69, 9.17) is 5.73 Å². The summed E-state index contributed by atoms with van der Waals surface area (Å²) in [5, 5.41) is 0. The van der Waals surface area contributed by atoms with Gasteiger partial charge in [-0.05, 0) is 68.8 Å². The molecule has 1 aliphatic heterocycles. The Balaban J connectivity index is 2.02. The van der Waals surface area contributed by atoms with E-state index in [1.807, 2.05) is 12.1 Å². The van der Waals surface area contributed by atoms with Crippen molar-refractivity contribution in [2.75, 3.05) is 19.6 Å². The molecule has 0 aliphatic carbocycles. The van der Waals surface area contributed by atoms with Crippen LogP contribution in [0.2, 0.25) is 0 Å². The maximum absolute atomic E-state index is 13.0. The first-order valence-corrected chi connectivity index (χ1v) is 8.14. The summed E-state index contributed by atoms with van der Waals surface area (Å²) in [7, 11) is 0. The summed E-state index contributed by atoms with van der Waals surface area (Å²) in [6.07, 6.45) is 3.41. The molecule has 1 unspecified atom stereocenters. The van der Waals surface area contributed by atoms with Crippen molar-refractivity contribution in [3.05, 3.63) is 35.6 Å². The van der Waals surface area contributed by atoms with Gasteiger partial charge in [0.25, 0.3) is 0 Å². The minimum Gasteiger partial charge on any atom is -0.329 e. The van der Waals surface area contributed by atoms with E-state index in [-0.39, 0.29) is 11.4 Å². The van der Waals surface area contributed by atoms with Gasteiger partial charge in [0.15, 0.2) is 0 Å². The molecule has 1 atom stereocenters. The fourth-order valence-electron chi connectivity index (χ4n) is 3.46. The molecule has 1 fully saturated rings. The van der Waals surface area contributed by atoms with E-state index >= 15 is 0 Å². The predicted molar refractivity (Wildman–Crippen MR) is 86.7 cm³/mol. The highest BCUT2D eigenvalue weighted by Gasteiger charge is 2.34. The zero-order valence-corrected chi connectivity index (χ0v) is 13.6. The Labute approximate surface area is 128 Å². The molecule has 0 amide bonds. The molecule has 2 N–H and O–H groups in total. The third kappa shape index (κ3) is 4.04. The van der Waals surface area contributed by atoms with Crippen molar-refractivity contribution in [2.45, 2.75) is 45.6 Å². The van der Waals surface area contributed by atoms with Crippen LogP contribution in [-0.2, 0) is 6.42 Å². The topological polar surface area (TPSA) is 29.3 Å². The highest BCUT2D eigenvalue weighted by atomic mass is 19.1.